The van der Waals surface area contributed by atoms with E-state index in [1.54, 1.807) is 0 Å². The second-order valence-corrected chi connectivity index (χ2v) is 5.10. The number of hydrogen-bond acceptors (Lipinski definition) is 2. The van der Waals surface area contributed by atoms with E-state index in [9.17, 15) is 0 Å². The molecule has 2 heteroatoms. The Morgan fingerprint density at radius 1 is 1.24 bits per heavy atom. The summed E-state index contributed by atoms with van der Waals surface area (Å²) in [6.45, 7) is 5.90. The van der Waals surface area contributed by atoms with Gasteiger partial charge in [-0.1, -0.05) is 32.6 Å². The standard InChI is InChI=1S/C15H26O2/c1-14(2)10-6-4-3-5-8-12-16-15-11-7-9-13-17-15/h14-15H,3-4,6-7,9-13H2,1-2H3. The van der Waals surface area contributed by atoms with Gasteiger partial charge in [-0.25, -0.2) is 0 Å². The van der Waals surface area contributed by atoms with E-state index < -0.39 is 0 Å². The van der Waals surface area contributed by atoms with E-state index in [1.165, 1.54) is 32.1 Å². The summed E-state index contributed by atoms with van der Waals surface area (Å²) >= 11 is 0. The summed E-state index contributed by atoms with van der Waals surface area (Å²) < 4.78 is 11.0. The summed E-state index contributed by atoms with van der Waals surface area (Å²) in [4.78, 5) is 0. The van der Waals surface area contributed by atoms with Crippen molar-refractivity contribution in [1.29, 1.82) is 0 Å². The number of hydrogen-bond donors (Lipinski definition) is 0. The Morgan fingerprint density at radius 3 is 2.82 bits per heavy atom. The van der Waals surface area contributed by atoms with E-state index in [0.717, 1.165) is 25.4 Å². The van der Waals surface area contributed by atoms with Crippen LogP contribution < -0.4 is 0 Å². The van der Waals surface area contributed by atoms with Crippen LogP contribution in [0.15, 0.2) is 0 Å². The lowest BCUT2D eigenvalue weighted by Gasteiger charge is -2.21. The van der Waals surface area contributed by atoms with Gasteiger partial charge in [0.2, 0.25) is 0 Å². The Hall–Kier alpha value is -0.520. The molecule has 0 aromatic carbocycles. The fourth-order valence-electron chi connectivity index (χ4n) is 1.88. The van der Waals surface area contributed by atoms with Gasteiger partial charge in [0.05, 0.1) is 0 Å². The van der Waals surface area contributed by atoms with E-state index in [-0.39, 0.29) is 6.29 Å². The molecule has 98 valence electrons. The number of rotatable bonds is 6. The summed E-state index contributed by atoms with van der Waals surface area (Å²) in [6.07, 6.45) is 8.23. The zero-order chi connectivity index (χ0) is 12.3. The third-order valence-electron chi connectivity index (χ3n) is 2.94. The fraction of sp³-hybridized carbons (Fsp3) is 0.867. The smallest absolute Gasteiger partial charge is 0.158 e. The molecule has 1 fully saturated rings. The topological polar surface area (TPSA) is 18.5 Å². The molecule has 1 saturated heterocycles. The maximum atomic E-state index is 5.53. The minimum absolute atomic E-state index is 0.000934. The van der Waals surface area contributed by atoms with Crippen LogP contribution in [0.1, 0.15) is 58.8 Å². The Bertz CT molecular complexity index is 231. The van der Waals surface area contributed by atoms with Crippen molar-refractivity contribution >= 4 is 0 Å². The maximum absolute atomic E-state index is 5.53. The zero-order valence-electron chi connectivity index (χ0n) is 11.3. The molecule has 1 rings (SSSR count). The summed E-state index contributed by atoms with van der Waals surface area (Å²) in [7, 11) is 0. The SMILES string of the molecule is CC(C)CCCCC#CCOC1CCCCO1. The van der Waals surface area contributed by atoms with E-state index in [0.29, 0.717) is 6.61 Å². The second kappa shape index (κ2) is 9.50. The lowest BCUT2D eigenvalue weighted by molar-refractivity contribution is -0.154. The van der Waals surface area contributed by atoms with Crippen molar-refractivity contribution in [2.75, 3.05) is 13.2 Å². The first-order valence-electron chi connectivity index (χ1n) is 6.98. The van der Waals surface area contributed by atoms with Crippen molar-refractivity contribution in [2.45, 2.75) is 65.1 Å². The average molecular weight is 238 g/mol. The van der Waals surface area contributed by atoms with E-state index >= 15 is 0 Å². The Labute approximate surface area is 106 Å². The van der Waals surface area contributed by atoms with Crippen molar-refractivity contribution in [3.05, 3.63) is 0 Å². The molecule has 0 aromatic heterocycles. The minimum Gasteiger partial charge on any atom is -0.353 e. The first-order chi connectivity index (χ1) is 8.29. The third kappa shape index (κ3) is 8.24. The summed E-state index contributed by atoms with van der Waals surface area (Å²) in [5.41, 5.74) is 0. The summed E-state index contributed by atoms with van der Waals surface area (Å²) in [5.74, 6) is 7.05. The predicted octanol–water partition coefficient (Wildman–Crippen LogP) is 3.75. The number of ether oxygens (including phenoxy) is 2. The van der Waals surface area contributed by atoms with Crippen molar-refractivity contribution in [1.82, 2.24) is 0 Å². The lowest BCUT2D eigenvalue weighted by Crippen LogP contribution is -2.22. The molecule has 1 unspecified atom stereocenters. The molecule has 1 aliphatic rings. The second-order valence-electron chi connectivity index (χ2n) is 5.10. The van der Waals surface area contributed by atoms with Crippen LogP contribution in [-0.4, -0.2) is 19.5 Å². The van der Waals surface area contributed by atoms with Crippen LogP contribution in [0.3, 0.4) is 0 Å². The molecule has 1 heterocycles. The molecule has 17 heavy (non-hydrogen) atoms. The molecule has 0 aromatic rings. The van der Waals surface area contributed by atoms with Gasteiger partial charge in [-0.05, 0) is 31.6 Å². The molecule has 0 N–H and O–H groups in total. The van der Waals surface area contributed by atoms with Gasteiger partial charge in [0.15, 0.2) is 6.29 Å². The first-order valence-corrected chi connectivity index (χ1v) is 6.98. The largest absolute Gasteiger partial charge is 0.353 e. The van der Waals surface area contributed by atoms with Gasteiger partial charge in [-0.2, -0.15) is 0 Å². The molecule has 0 spiro atoms. The maximum Gasteiger partial charge on any atom is 0.158 e. The van der Waals surface area contributed by atoms with Crippen molar-refractivity contribution in [3.63, 3.8) is 0 Å². The lowest BCUT2D eigenvalue weighted by atomic mass is 10.1. The highest BCUT2D eigenvalue weighted by atomic mass is 16.7. The van der Waals surface area contributed by atoms with Gasteiger partial charge in [0, 0.05) is 13.0 Å². The molecule has 0 aliphatic carbocycles. The van der Waals surface area contributed by atoms with E-state index in [1.807, 2.05) is 0 Å². The van der Waals surface area contributed by atoms with Crippen molar-refractivity contribution in [3.8, 4) is 11.8 Å². The third-order valence-corrected chi connectivity index (χ3v) is 2.94. The van der Waals surface area contributed by atoms with Crippen LogP contribution >= 0.6 is 0 Å². The highest BCUT2D eigenvalue weighted by Crippen LogP contribution is 2.13. The summed E-state index contributed by atoms with van der Waals surface area (Å²) in [5, 5.41) is 0. The van der Waals surface area contributed by atoms with E-state index in [2.05, 4.69) is 25.7 Å². The first kappa shape index (κ1) is 14.5. The molecule has 0 amide bonds. The molecule has 0 saturated carbocycles. The van der Waals surface area contributed by atoms with Crippen LogP contribution in [0.5, 0.6) is 0 Å². The van der Waals surface area contributed by atoms with Gasteiger partial charge < -0.3 is 9.47 Å². The van der Waals surface area contributed by atoms with Crippen LogP contribution in [0.25, 0.3) is 0 Å². The fourth-order valence-corrected chi connectivity index (χ4v) is 1.88. The van der Waals surface area contributed by atoms with Crippen LogP contribution in [0, 0.1) is 17.8 Å². The minimum atomic E-state index is -0.000934. The van der Waals surface area contributed by atoms with Crippen molar-refractivity contribution in [2.24, 2.45) is 5.92 Å². The highest BCUT2D eigenvalue weighted by Gasteiger charge is 2.12. The molecule has 1 aliphatic heterocycles. The highest BCUT2D eigenvalue weighted by molar-refractivity contribution is 4.98. The molecule has 2 nitrogen and oxygen atoms in total. The Balaban J connectivity index is 1.91. The monoisotopic (exact) mass is 238 g/mol. The van der Waals surface area contributed by atoms with E-state index in [4.69, 9.17) is 9.47 Å². The molecule has 0 radical (unpaired) electrons. The Morgan fingerprint density at radius 2 is 2.12 bits per heavy atom. The zero-order valence-corrected chi connectivity index (χ0v) is 11.3. The average Bonchev–Trinajstić information content (AvgIpc) is 2.33. The molecule has 0 bridgehead atoms. The molecule has 1 atom stereocenters. The van der Waals surface area contributed by atoms with Gasteiger partial charge in [-0.15, -0.1) is 5.92 Å². The van der Waals surface area contributed by atoms with Gasteiger partial charge in [-0.3, -0.25) is 0 Å². The van der Waals surface area contributed by atoms with Crippen LogP contribution in [0.4, 0.5) is 0 Å². The van der Waals surface area contributed by atoms with Crippen LogP contribution in [-0.2, 0) is 9.47 Å². The normalized spacial score (nSPS) is 20.1. The van der Waals surface area contributed by atoms with Gasteiger partial charge in [0.1, 0.15) is 6.61 Å². The predicted molar refractivity (Wildman–Crippen MR) is 70.6 cm³/mol. The quantitative estimate of drug-likeness (QED) is 0.518. The number of unbranched alkanes of at least 4 members (excludes halogenated alkanes) is 2. The van der Waals surface area contributed by atoms with Gasteiger partial charge >= 0.3 is 0 Å². The van der Waals surface area contributed by atoms with Crippen LogP contribution in [0.2, 0.25) is 0 Å². The van der Waals surface area contributed by atoms with Gasteiger partial charge in [0.25, 0.3) is 0 Å². The molecular formula is C15H26O2. The summed E-state index contributed by atoms with van der Waals surface area (Å²) in [6, 6.07) is 0. The Kier molecular flexibility index (Phi) is 8.13. The van der Waals surface area contributed by atoms with Crippen molar-refractivity contribution < 1.29 is 9.47 Å². The molecular weight excluding hydrogens is 212 g/mol.